The number of nitrogens with zero attached hydrogens (tertiary/aromatic N) is 1. The summed E-state index contributed by atoms with van der Waals surface area (Å²) in [5.41, 5.74) is 2.14. The van der Waals surface area contributed by atoms with Crippen LogP contribution >= 0.6 is 0 Å². The number of hydrogen-bond acceptors (Lipinski definition) is 4. The fourth-order valence-electron chi connectivity index (χ4n) is 4.04. The SMILES string of the molecule is COc1ccc(N2[C@@H](C(=O)Oc3c(C(C)(C)C)cc(C)cc3C(C)(C)C)[C@@H]2C(F)(F)F)cc1. The number of alkyl halides is 3. The Kier molecular flexibility index (Phi) is 6.24. The average molecular weight is 464 g/mol. The first-order valence-corrected chi connectivity index (χ1v) is 10.9. The molecule has 0 bridgehead atoms. The predicted molar refractivity (Wildman–Crippen MR) is 123 cm³/mol. The summed E-state index contributed by atoms with van der Waals surface area (Å²) in [5, 5.41) is 0. The van der Waals surface area contributed by atoms with Crippen LogP contribution in [-0.2, 0) is 15.6 Å². The van der Waals surface area contributed by atoms with Crippen LogP contribution in [0.3, 0.4) is 0 Å². The van der Waals surface area contributed by atoms with E-state index in [9.17, 15) is 18.0 Å². The van der Waals surface area contributed by atoms with Crippen LogP contribution in [0.4, 0.5) is 18.9 Å². The van der Waals surface area contributed by atoms with Crippen molar-refractivity contribution < 1.29 is 27.4 Å². The van der Waals surface area contributed by atoms with E-state index in [0.29, 0.717) is 11.5 Å². The smallest absolute Gasteiger partial charge is 0.411 e. The van der Waals surface area contributed by atoms with Crippen LogP contribution in [0.1, 0.15) is 58.2 Å². The van der Waals surface area contributed by atoms with Gasteiger partial charge in [0.05, 0.1) is 7.11 Å². The van der Waals surface area contributed by atoms with Crippen LogP contribution < -0.4 is 14.4 Å². The van der Waals surface area contributed by atoms with Crippen LogP contribution in [0.5, 0.6) is 11.5 Å². The van der Waals surface area contributed by atoms with Crippen molar-refractivity contribution >= 4 is 11.7 Å². The molecule has 2 aromatic carbocycles. The number of aryl methyl sites for hydroxylation is 1. The fourth-order valence-corrected chi connectivity index (χ4v) is 4.04. The monoisotopic (exact) mass is 463 g/mol. The van der Waals surface area contributed by atoms with Crippen LogP contribution in [0.25, 0.3) is 0 Å². The van der Waals surface area contributed by atoms with E-state index in [2.05, 4.69) is 0 Å². The summed E-state index contributed by atoms with van der Waals surface area (Å²) in [4.78, 5) is 14.2. The van der Waals surface area contributed by atoms with Gasteiger partial charge in [0, 0.05) is 16.8 Å². The molecule has 1 heterocycles. The molecule has 0 radical (unpaired) electrons. The zero-order chi connectivity index (χ0) is 24.9. The number of benzene rings is 2. The Labute approximate surface area is 193 Å². The summed E-state index contributed by atoms with van der Waals surface area (Å²) in [6.45, 7) is 13.9. The van der Waals surface area contributed by atoms with E-state index in [-0.39, 0.29) is 16.5 Å². The van der Waals surface area contributed by atoms with E-state index in [1.807, 2.05) is 60.6 Å². The van der Waals surface area contributed by atoms with E-state index in [1.165, 1.54) is 19.2 Å². The number of esters is 1. The Balaban J connectivity index is 2.02. The van der Waals surface area contributed by atoms with Crippen molar-refractivity contribution in [1.29, 1.82) is 0 Å². The molecule has 0 aromatic heterocycles. The summed E-state index contributed by atoms with van der Waals surface area (Å²) < 4.78 is 52.3. The molecule has 1 aliphatic rings. The van der Waals surface area contributed by atoms with Gasteiger partial charge in [-0.2, -0.15) is 13.2 Å². The van der Waals surface area contributed by atoms with E-state index >= 15 is 0 Å². The van der Waals surface area contributed by atoms with Gasteiger partial charge in [0.1, 0.15) is 11.5 Å². The fraction of sp³-hybridized carbons (Fsp3) is 0.500. The van der Waals surface area contributed by atoms with Crippen molar-refractivity contribution in [2.45, 2.75) is 77.6 Å². The number of anilines is 1. The van der Waals surface area contributed by atoms with Crippen LogP contribution in [-0.4, -0.2) is 31.3 Å². The standard InChI is InChI=1S/C26H32F3NO3/c1-15-13-18(24(2,3)4)21(19(14-15)25(5,6)7)33-23(31)20-22(26(27,28)29)30(20)16-9-11-17(32-8)12-10-16/h9-14,20,22H,1-8H3/t20-,22-,30?/m1/s1. The van der Waals surface area contributed by atoms with Gasteiger partial charge in [-0.1, -0.05) is 59.2 Å². The largest absolute Gasteiger partial charge is 0.497 e. The van der Waals surface area contributed by atoms with Gasteiger partial charge < -0.3 is 14.4 Å². The predicted octanol–water partition coefficient (Wildman–Crippen LogP) is 6.32. The van der Waals surface area contributed by atoms with Gasteiger partial charge >= 0.3 is 12.1 Å². The molecule has 4 nitrogen and oxygen atoms in total. The minimum Gasteiger partial charge on any atom is -0.497 e. The highest BCUT2D eigenvalue weighted by Crippen LogP contribution is 2.47. The van der Waals surface area contributed by atoms with Gasteiger partial charge in [-0.3, -0.25) is 0 Å². The molecule has 2 atom stereocenters. The molecule has 1 aliphatic heterocycles. The lowest BCUT2D eigenvalue weighted by Gasteiger charge is -2.29. The minimum atomic E-state index is -4.57. The lowest BCUT2D eigenvalue weighted by molar-refractivity contribution is -0.142. The molecule has 1 fully saturated rings. The Morgan fingerprint density at radius 1 is 0.909 bits per heavy atom. The first kappa shape index (κ1) is 24.9. The second-order valence-electron chi connectivity index (χ2n) is 10.6. The summed E-state index contributed by atoms with van der Waals surface area (Å²) >= 11 is 0. The van der Waals surface area contributed by atoms with Crippen molar-refractivity contribution in [2.24, 2.45) is 0 Å². The van der Waals surface area contributed by atoms with E-state index < -0.39 is 24.2 Å². The number of halogens is 3. The molecule has 1 saturated heterocycles. The van der Waals surface area contributed by atoms with Crippen LogP contribution in [0, 0.1) is 6.92 Å². The molecular formula is C26H32F3NO3. The van der Waals surface area contributed by atoms with Gasteiger partial charge in [-0.15, -0.1) is 0 Å². The van der Waals surface area contributed by atoms with Crippen molar-refractivity contribution in [2.75, 3.05) is 12.0 Å². The second-order valence-corrected chi connectivity index (χ2v) is 10.6. The number of ether oxygens (including phenoxy) is 2. The first-order valence-electron chi connectivity index (χ1n) is 10.9. The molecular weight excluding hydrogens is 431 g/mol. The van der Waals surface area contributed by atoms with Crippen molar-refractivity contribution in [3.8, 4) is 11.5 Å². The lowest BCUT2D eigenvalue weighted by Crippen LogP contribution is -2.28. The maximum absolute atomic E-state index is 13.8. The van der Waals surface area contributed by atoms with Crippen molar-refractivity contribution in [3.63, 3.8) is 0 Å². The van der Waals surface area contributed by atoms with Crippen molar-refractivity contribution in [3.05, 3.63) is 53.1 Å². The zero-order valence-corrected chi connectivity index (χ0v) is 20.4. The lowest BCUT2D eigenvalue weighted by atomic mass is 9.78. The molecule has 33 heavy (non-hydrogen) atoms. The first-order chi connectivity index (χ1) is 15.1. The molecule has 0 aliphatic carbocycles. The zero-order valence-electron chi connectivity index (χ0n) is 20.4. The Morgan fingerprint density at radius 3 is 1.79 bits per heavy atom. The van der Waals surface area contributed by atoms with E-state index in [4.69, 9.17) is 9.47 Å². The summed E-state index contributed by atoms with van der Waals surface area (Å²) in [5.74, 6) is -0.0336. The van der Waals surface area contributed by atoms with Gasteiger partial charge in [-0.05, 0) is 42.0 Å². The highest BCUT2D eigenvalue weighted by Gasteiger charge is 2.67. The molecule has 7 heteroatoms. The quantitative estimate of drug-likeness (QED) is 0.302. The molecule has 0 unspecified atom stereocenters. The topological polar surface area (TPSA) is 38.5 Å². The van der Waals surface area contributed by atoms with E-state index in [1.54, 1.807) is 12.1 Å². The normalized spacial score (nSPS) is 18.8. The number of hydrogen-bond donors (Lipinski definition) is 0. The Hall–Kier alpha value is -2.70. The van der Waals surface area contributed by atoms with Crippen molar-refractivity contribution in [1.82, 2.24) is 0 Å². The molecule has 0 saturated carbocycles. The summed E-state index contributed by atoms with van der Waals surface area (Å²) in [7, 11) is 1.48. The van der Waals surface area contributed by atoms with Crippen LogP contribution in [0.15, 0.2) is 36.4 Å². The number of carbonyl (C=O) groups is 1. The molecule has 2 aromatic rings. The molecule has 180 valence electrons. The number of carbonyl (C=O) groups excluding carboxylic acids is 1. The molecule has 0 amide bonds. The summed E-state index contributed by atoms with van der Waals surface area (Å²) in [6, 6.07) is 6.66. The maximum atomic E-state index is 13.8. The average Bonchev–Trinajstić information content (AvgIpc) is 3.44. The highest BCUT2D eigenvalue weighted by atomic mass is 19.4. The molecule has 3 rings (SSSR count). The maximum Gasteiger partial charge on any atom is 0.411 e. The third-order valence-corrected chi connectivity index (χ3v) is 5.81. The third kappa shape index (κ3) is 5.12. The summed E-state index contributed by atoms with van der Waals surface area (Å²) in [6.07, 6.45) is -4.57. The van der Waals surface area contributed by atoms with Crippen LogP contribution in [0.2, 0.25) is 0 Å². The van der Waals surface area contributed by atoms with Gasteiger partial charge in [0.2, 0.25) is 0 Å². The molecule has 0 spiro atoms. The second kappa shape index (κ2) is 8.26. The Morgan fingerprint density at radius 2 is 1.39 bits per heavy atom. The van der Waals surface area contributed by atoms with Gasteiger partial charge in [-0.25, -0.2) is 4.79 Å². The van der Waals surface area contributed by atoms with Gasteiger partial charge in [0.25, 0.3) is 0 Å². The molecule has 0 N–H and O–H groups in total. The third-order valence-electron chi connectivity index (χ3n) is 5.81. The number of rotatable bonds is 4. The van der Waals surface area contributed by atoms with E-state index in [0.717, 1.165) is 21.6 Å². The van der Waals surface area contributed by atoms with Gasteiger partial charge in [0.15, 0.2) is 12.1 Å². The number of methoxy groups -OCH3 is 1. The Bertz CT molecular complexity index is 996. The highest BCUT2D eigenvalue weighted by molar-refractivity contribution is 5.90. The minimum absolute atomic E-state index is 0.288.